The third-order valence-corrected chi connectivity index (χ3v) is 3.31. The zero-order chi connectivity index (χ0) is 12.6. The summed E-state index contributed by atoms with van der Waals surface area (Å²) in [6.07, 6.45) is 0. The largest absolute Gasteiger partial charge is 0.464 e. The van der Waals surface area contributed by atoms with Crippen molar-refractivity contribution in [2.75, 3.05) is 12.4 Å². The number of nitrogens with one attached hydrogen (secondary N) is 1. The second kappa shape index (κ2) is 4.17. The molecule has 0 saturated carbocycles. The normalized spacial score (nSPS) is 10.5. The van der Waals surface area contributed by atoms with Crippen LogP contribution < -0.4 is 5.32 Å². The second-order valence-electron chi connectivity index (χ2n) is 3.47. The van der Waals surface area contributed by atoms with E-state index in [0.29, 0.717) is 16.3 Å². The van der Waals surface area contributed by atoms with Gasteiger partial charge in [-0.05, 0) is 6.07 Å². The van der Waals surface area contributed by atoms with E-state index in [2.05, 4.69) is 15.0 Å². The van der Waals surface area contributed by atoms with Gasteiger partial charge in [0.25, 0.3) is 0 Å². The zero-order valence-corrected chi connectivity index (χ0v) is 10.4. The van der Waals surface area contributed by atoms with Crippen LogP contribution in [-0.2, 0) is 16.6 Å². The predicted molar refractivity (Wildman–Crippen MR) is 64.2 cm³/mol. The van der Waals surface area contributed by atoms with Gasteiger partial charge >= 0.3 is 5.97 Å². The fraction of sp³-hybridized carbons (Fsp3) is 0.300. The van der Waals surface area contributed by atoms with Crippen molar-refractivity contribution in [1.29, 1.82) is 0 Å². The van der Waals surface area contributed by atoms with Gasteiger partial charge in [0.2, 0.25) is 5.91 Å². The molecular weight excluding hydrogens is 242 g/mol. The molecule has 0 aliphatic rings. The lowest BCUT2D eigenvalue weighted by atomic mass is 10.4. The van der Waals surface area contributed by atoms with Crippen LogP contribution in [0.2, 0.25) is 0 Å². The van der Waals surface area contributed by atoms with E-state index >= 15 is 0 Å². The molecule has 0 saturated heterocycles. The van der Waals surface area contributed by atoms with Crippen molar-refractivity contribution in [3.8, 4) is 0 Å². The smallest absolute Gasteiger partial charge is 0.354 e. The van der Waals surface area contributed by atoms with Crippen molar-refractivity contribution >= 4 is 38.7 Å². The van der Waals surface area contributed by atoms with E-state index in [1.165, 1.54) is 25.4 Å². The Labute approximate surface area is 101 Å². The molecule has 2 rings (SSSR count). The first-order valence-corrected chi connectivity index (χ1v) is 5.66. The summed E-state index contributed by atoms with van der Waals surface area (Å²) in [6, 6.07) is 1.64. The lowest BCUT2D eigenvalue weighted by Crippen LogP contribution is -2.07. The molecule has 0 bridgehead atoms. The van der Waals surface area contributed by atoms with Crippen LogP contribution in [0.5, 0.6) is 0 Å². The molecule has 1 N–H and O–H groups in total. The highest BCUT2D eigenvalue weighted by atomic mass is 32.1. The number of fused-ring (bicyclic) bond motifs is 1. The molecule has 1 amide bonds. The fourth-order valence-electron chi connectivity index (χ4n) is 1.50. The summed E-state index contributed by atoms with van der Waals surface area (Å²) >= 11 is 1.31. The van der Waals surface area contributed by atoms with Crippen molar-refractivity contribution in [3.05, 3.63) is 11.8 Å². The Morgan fingerprint density at radius 2 is 2.24 bits per heavy atom. The fourth-order valence-corrected chi connectivity index (χ4v) is 2.46. The van der Waals surface area contributed by atoms with Crippen LogP contribution in [0, 0.1) is 0 Å². The average molecular weight is 253 g/mol. The molecule has 0 aliphatic carbocycles. The Hall–Kier alpha value is -1.89. The monoisotopic (exact) mass is 253 g/mol. The molecule has 17 heavy (non-hydrogen) atoms. The number of anilines is 1. The number of ether oxygens (including phenoxy) is 1. The summed E-state index contributed by atoms with van der Waals surface area (Å²) in [5, 5.41) is 3.13. The Balaban J connectivity index is 2.45. The van der Waals surface area contributed by atoms with Gasteiger partial charge in [-0.25, -0.2) is 9.78 Å². The van der Waals surface area contributed by atoms with Gasteiger partial charge in [0.15, 0.2) is 5.13 Å². The first-order valence-electron chi connectivity index (χ1n) is 4.85. The number of nitrogens with zero attached hydrogens (tertiary/aromatic N) is 2. The molecule has 2 aromatic heterocycles. The first-order chi connectivity index (χ1) is 8.02. The Bertz CT molecular complexity index is 599. The van der Waals surface area contributed by atoms with E-state index in [-0.39, 0.29) is 5.91 Å². The average Bonchev–Trinajstić information content (AvgIpc) is 2.77. The van der Waals surface area contributed by atoms with Gasteiger partial charge in [-0.3, -0.25) is 4.79 Å². The summed E-state index contributed by atoms with van der Waals surface area (Å²) < 4.78 is 6.36. The minimum absolute atomic E-state index is 0.169. The quantitative estimate of drug-likeness (QED) is 0.820. The number of aryl methyl sites for hydroxylation is 1. The summed E-state index contributed by atoms with van der Waals surface area (Å²) in [4.78, 5) is 27.3. The van der Waals surface area contributed by atoms with Crippen molar-refractivity contribution in [1.82, 2.24) is 9.55 Å². The number of aromatic nitrogens is 2. The van der Waals surface area contributed by atoms with Crippen LogP contribution in [0.4, 0.5) is 5.13 Å². The lowest BCUT2D eigenvalue weighted by Gasteiger charge is -2.00. The molecule has 6 nitrogen and oxygen atoms in total. The van der Waals surface area contributed by atoms with Crippen LogP contribution in [-0.4, -0.2) is 28.5 Å². The zero-order valence-electron chi connectivity index (χ0n) is 9.60. The Morgan fingerprint density at radius 1 is 1.53 bits per heavy atom. The summed E-state index contributed by atoms with van der Waals surface area (Å²) in [5.41, 5.74) is 1.11. The van der Waals surface area contributed by atoms with Gasteiger partial charge in [-0.1, -0.05) is 11.3 Å². The van der Waals surface area contributed by atoms with E-state index in [1.54, 1.807) is 17.7 Å². The third-order valence-electron chi connectivity index (χ3n) is 2.25. The van der Waals surface area contributed by atoms with Crippen LogP contribution in [0.3, 0.4) is 0 Å². The van der Waals surface area contributed by atoms with E-state index in [0.717, 1.165) is 4.83 Å². The molecule has 0 unspecified atom stereocenters. The van der Waals surface area contributed by atoms with Gasteiger partial charge in [0, 0.05) is 14.0 Å². The van der Waals surface area contributed by atoms with Crippen LogP contribution in [0.15, 0.2) is 6.07 Å². The number of esters is 1. The number of carbonyl (C=O) groups excluding carboxylic acids is 2. The first kappa shape index (κ1) is 11.6. The number of hydrogen-bond donors (Lipinski definition) is 1. The van der Waals surface area contributed by atoms with E-state index in [1.807, 2.05) is 0 Å². The number of amides is 1. The Morgan fingerprint density at radius 3 is 2.76 bits per heavy atom. The van der Waals surface area contributed by atoms with Crippen molar-refractivity contribution in [2.45, 2.75) is 6.92 Å². The number of carbonyl (C=O) groups is 2. The van der Waals surface area contributed by atoms with Crippen LogP contribution in [0.1, 0.15) is 17.4 Å². The molecule has 2 aromatic rings. The summed E-state index contributed by atoms with van der Waals surface area (Å²) in [5.74, 6) is -0.573. The number of hydrogen-bond acceptors (Lipinski definition) is 5. The second-order valence-corrected chi connectivity index (χ2v) is 4.45. The van der Waals surface area contributed by atoms with Crippen molar-refractivity contribution in [3.63, 3.8) is 0 Å². The molecule has 7 heteroatoms. The number of rotatable bonds is 2. The minimum atomic E-state index is -0.404. The minimum Gasteiger partial charge on any atom is -0.464 e. The SMILES string of the molecule is COC(=O)c1cc2nc(NC(C)=O)sc2n1C. The van der Waals surface area contributed by atoms with E-state index in [9.17, 15) is 9.59 Å². The maximum absolute atomic E-state index is 11.4. The van der Waals surface area contributed by atoms with Crippen LogP contribution in [0.25, 0.3) is 10.3 Å². The summed E-state index contributed by atoms with van der Waals surface area (Å²) in [6.45, 7) is 1.42. The van der Waals surface area contributed by atoms with Gasteiger partial charge in [0.1, 0.15) is 16.0 Å². The molecular formula is C10H11N3O3S. The van der Waals surface area contributed by atoms with E-state index in [4.69, 9.17) is 0 Å². The predicted octanol–water partition coefficient (Wildman–Crippen LogP) is 1.38. The molecule has 0 aliphatic heterocycles. The van der Waals surface area contributed by atoms with Crippen molar-refractivity contribution in [2.24, 2.45) is 7.05 Å². The van der Waals surface area contributed by atoms with E-state index < -0.39 is 5.97 Å². The van der Waals surface area contributed by atoms with Gasteiger partial charge in [-0.15, -0.1) is 0 Å². The maximum atomic E-state index is 11.4. The molecule has 0 aromatic carbocycles. The van der Waals surface area contributed by atoms with Crippen LogP contribution >= 0.6 is 11.3 Å². The highest BCUT2D eigenvalue weighted by Gasteiger charge is 2.17. The van der Waals surface area contributed by atoms with Gasteiger partial charge in [0.05, 0.1) is 7.11 Å². The highest BCUT2D eigenvalue weighted by Crippen LogP contribution is 2.28. The topological polar surface area (TPSA) is 73.2 Å². The van der Waals surface area contributed by atoms with Gasteiger partial charge in [-0.2, -0.15) is 0 Å². The molecule has 0 spiro atoms. The summed E-state index contributed by atoms with van der Waals surface area (Å²) in [7, 11) is 3.09. The standard InChI is InChI=1S/C10H11N3O3S/c1-5(14)11-10-12-6-4-7(9(15)16-3)13(2)8(6)17-10/h4H,1-3H3,(H,11,12,14). The maximum Gasteiger partial charge on any atom is 0.354 e. The van der Waals surface area contributed by atoms with Crippen molar-refractivity contribution < 1.29 is 14.3 Å². The number of thiazole rings is 1. The molecule has 2 heterocycles. The highest BCUT2D eigenvalue weighted by molar-refractivity contribution is 7.22. The molecule has 90 valence electrons. The van der Waals surface area contributed by atoms with Gasteiger partial charge < -0.3 is 14.6 Å². The molecule has 0 radical (unpaired) electrons. The lowest BCUT2D eigenvalue weighted by molar-refractivity contribution is -0.114. The third kappa shape index (κ3) is 2.01. The number of methoxy groups -OCH3 is 1. The molecule has 0 fully saturated rings. The molecule has 0 atom stereocenters. The Kier molecular flexibility index (Phi) is 2.84.